The average molecular weight is 262 g/mol. The lowest BCUT2D eigenvalue weighted by molar-refractivity contribution is -0.116. The van der Waals surface area contributed by atoms with Gasteiger partial charge < -0.3 is 15.6 Å². The van der Waals surface area contributed by atoms with E-state index in [0.717, 1.165) is 11.4 Å². The Kier molecular flexibility index (Phi) is 3.50. The van der Waals surface area contributed by atoms with E-state index in [9.17, 15) is 9.18 Å². The van der Waals surface area contributed by atoms with Gasteiger partial charge in [0.2, 0.25) is 5.91 Å². The number of nitrogens with zero attached hydrogens (tertiary/aromatic N) is 2. The van der Waals surface area contributed by atoms with Crippen molar-refractivity contribution >= 4 is 17.3 Å². The number of carbonyl (C=O) groups is 1. The van der Waals surface area contributed by atoms with Crippen LogP contribution in [0.5, 0.6) is 0 Å². The predicted octanol–water partition coefficient (Wildman–Crippen LogP) is 1.86. The zero-order chi connectivity index (χ0) is 14.0. The largest absolute Gasteiger partial charge is 0.399 e. The van der Waals surface area contributed by atoms with Gasteiger partial charge in [0.25, 0.3) is 0 Å². The lowest BCUT2D eigenvalue weighted by Crippen LogP contribution is -2.19. The van der Waals surface area contributed by atoms with Crippen LogP contribution in [0, 0.1) is 19.7 Å². The third-order valence-electron chi connectivity index (χ3n) is 2.92. The fourth-order valence-corrected chi connectivity index (χ4v) is 1.69. The van der Waals surface area contributed by atoms with E-state index in [4.69, 9.17) is 5.73 Å². The van der Waals surface area contributed by atoms with Crippen LogP contribution in [0.15, 0.2) is 24.5 Å². The van der Waals surface area contributed by atoms with Gasteiger partial charge in [-0.05, 0) is 32.0 Å². The molecule has 3 N–H and O–H groups in total. The summed E-state index contributed by atoms with van der Waals surface area (Å²) in [5.41, 5.74) is 7.80. The monoisotopic (exact) mass is 262 g/mol. The van der Waals surface area contributed by atoms with Crippen molar-refractivity contribution in [3.8, 4) is 0 Å². The van der Waals surface area contributed by atoms with Crippen LogP contribution in [-0.2, 0) is 11.3 Å². The number of rotatable bonds is 3. The SMILES string of the molecule is Cc1ncn(CC(=O)Nc2cc(N)ccc2F)c1C. The molecule has 19 heavy (non-hydrogen) atoms. The highest BCUT2D eigenvalue weighted by Crippen LogP contribution is 2.17. The van der Waals surface area contributed by atoms with Gasteiger partial charge in [-0.1, -0.05) is 0 Å². The van der Waals surface area contributed by atoms with Gasteiger partial charge in [-0.25, -0.2) is 9.37 Å². The molecule has 1 heterocycles. The highest BCUT2D eigenvalue weighted by Gasteiger charge is 2.10. The molecule has 0 aliphatic rings. The second-order valence-corrected chi connectivity index (χ2v) is 4.33. The number of amides is 1. The number of hydrogen-bond donors (Lipinski definition) is 2. The summed E-state index contributed by atoms with van der Waals surface area (Å²) in [6, 6.07) is 4.05. The zero-order valence-corrected chi connectivity index (χ0v) is 10.8. The Labute approximate surface area is 110 Å². The van der Waals surface area contributed by atoms with Crippen molar-refractivity contribution in [2.24, 2.45) is 0 Å². The Bertz CT molecular complexity index is 621. The smallest absolute Gasteiger partial charge is 0.244 e. The molecule has 2 aromatic rings. The first-order valence-corrected chi connectivity index (χ1v) is 5.80. The van der Waals surface area contributed by atoms with Crippen LogP contribution in [0.25, 0.3) is 0 Å². The van der Waals surface area contributed by atoms with Crippen LogP contribution in [0.3, 0.4) is 0 Å². The minimum absolute atomic E-state index is 0.0829. The molecular weight excluding hydrogens is 247 g/mol. The Hall–Kier alpha value is -2.37. The van der Waals surface area contributed by atoms with Crippen LogP contribution in [0.4, 0.5) is 15.8 Å². The van der Waals surface area contributed by atoms with Gasteiger partial charge in [0, 0.05) is 11.4 Å². The van der Waals surface area contributed by atoms with E-state index in [-0.39, 0.29) is 18.1 Å². The van der Waals surface area contributed by atoms with Crippen molar-refractivity contribution in [2.75, 3.05) is 11.1 Å². The standard InChI is InChI=1S/C13H15FN4O/c1-8-9(2)18(7-16-8)6-13(19)17-12-5-10(15)3-4-11(12)14/h3-5,7H,6,15H2,1-2H3,(H,17,19). The number of carbonyl (C=O) groups excluding carboxylic acids is 1. The van der Waals surface area contributed by atoms with Gasteiger partial charge in [-0.2, -0.15) is 0 Å². The number of benzene rings is 1. The van der Waals surface area contributed by atoms with Crippen LogP contribution >= 0.6 is 0 Å². The van der Waals surface area contributed by atoms with E-state index >= 15 is 0 Å². The molecule has 1 amide bonds. The molecule has 1 aromatic heterocycles. The molecule has 0 saturated heterocycles. The highest BCUT2D eigenvalue weighted by molar-refractivity contribution is 5.91. The number of nitrogens with one attached hydrogen (secondary N) is 1. The number of hydrogen-bond acceptors (Lipinski definition) is 3. The highest BCUT2D eigenvalue weighted by atomic mass is 19.1. The van der Waals surface area contributed by atoms with Crippen LogP contribution in [0.1, 0.15) is 11.4 Å². The van der Waals surface area contributed by atoms with Crippen molar-refractivity contribution in [2.45, 2.75) is 20.4 Å². The first-order valence-electron chi connectivity index (χ1n) is 5.80. The first-order chi connectivity index (χ1) is 8.97. The summed E-state index contributed by atoms with van der Waals surface area (Å²) in [4.78, 5) is 15.9. The van der Waals surface area contributed by atoms with Crippen molar-refractivity contribution in [3.05, 3.63) is 41.7 Å². The fourth-order valence-electron chi connectivity index (χ4n) is 1.69. The van der Waals surface area contributed by atoms with Crippen LogP contribution in [0.2, 0.25) is 0 Å². The molecule has 0 fully saturated rings. The number of nitrogens with two attached hydrogens (primary N) is 1. The molecule has 0 spiro atoms. The quantitative estimate of drug-likeness (QED) is 0.829. The van der Waals surface area contributed by atoms with Gasteiger partial charge in [0.1, 0.15) is 12.4 Å². The maximum atomic E-state index is 13.5. The van der Waals surface area contributed by atoms with Gasteiger partial charge in [-0.3, -0.25) is 4.79 Å². The van der Waals surface area contributed by atoms with E-state index in [2.05, 4.69) is 10.3 Å². The van der Waals surface area contributed by atoms with Crippen LogP contribution in [-0.4, -0.2) is 15.5 Å². The fraction of sp³-hybridized carbons (Fsp3) is 0.231. The number of aryl methyl sites for hydroxylation is 1. The maximum Gasteiger partial charge on any atom is 0.244 e. The third-order valence-corrected chi connectivity index (χ3v) is 2.92. The third kappa shape index (κ3) is 2.90. The van der Waals surface area contributed by atoms with E-state index < -0.39 is 5.82 Å². The molecule has 1 aromatic carbocycles. The average Bonchev–Trinajstić information content (AvgIpc) is 2.66. The Morgan fingerprint density at radius 2 is 2.21 bits per heavy atom. The van der Waals surface area contributed by atoms with E-state index in [0.29, 0.717) is 5.69 Å². The zero-order valence-electron chi connectivity index (χ0n) is 10.8. The molecular formula is C13H15FN4O. The van der Waals surface area contributed by atoms with Gasteiger partial charge in [0.15, 0.2) is 0 Å². The minimum atomic E-state index is -0.513. The number of anilines is 2. The van der Waals surface area contributed by atoms with Crippen molar-refractivity contribution in [1.82, 2.24) is 9.55 Å². The maximum absolute atomic E-state index is 13.5. The summed E-state index contributed by atoms with van der Waals surface area (Å²) in [6.07, 6.45) is 1.58. The molecule has 0 saturated carbocycles. The summed E-state index contributed by atoms with van der Waals surface area (Å²) >= 11 is 0. The van der Waals surface area contributed by atoms with Gasteiger partial charge >= 0.3 is 0 Å². The molecule has 0 aliphatic carbocycles. The normalized spacial score (nSPS) is 10.5. The van der Waals surface area contributed by atoms with E-state index in [1.165, 1.54) is 18.2 Å². The molecule has 2 rings (SSSR count). The molecule has 0 atom stereocenters. The number of halogens is 1. The van der Waals surface area contributed by atoms with Crippen LogP contribution < -0.4 is 11.1 Å². The molecule has 5 nitrogen and oxygen atoms in total. The molecule has 0 radical (unpaired) electrons. The topological polar surface area (TPSA) is 72.9 Å². The molecule has 0 unspecified atom stereocenters. The Morgan fingerprint density at radius 3 is 2.84 bits per heavy atom. The van der Waals surface area contributed by atoms with E-state index in [1.54, 1.807) is 10.9 Å². The summed E-state index contributed by atoms with van der Waals surface area (Å²) in [6.45, 7) is 3.82. The van der Waals surface area contributed by atoms with Crippen molar-refractivity contribution < 1.29 is 9.18 Å². The molecule has 100 valence electrons. The van der Waals surface area contributed by atoms with Gasteiger partial charge in [-0.15, -0.1) is 0 Å². The summed E-state index contributed by atoms with van der Waals surface area (Å²) < 4.78 is 15.2. The van der Waals surface area contributed by atoms with Crippen molar-refractivity contribution in [1.29, 1.82) is 0 Å². The Balaban J connectivity index is 2.09. The predicted molar refractivity (Wildman–Crippen MR) is 71.1 cm³/mol. The summed E-state index contributed by atoms with van der Waals surface area (Å²) in [7, 11) is 0. The number of aromatic nitrogens is 2. The molecule has 0 aliphatic heterocycles. The lowest BCUT2D eigenvalue weighted by Gasteiger charge is -2.09. The number of imidazole rings is 1. The summed E-state index contributed by atoms with van der Waals surface area (Å²) in [5.74, 6) is -0.842. The van der Waals surface area contributed by atoms with Crippen molar-refractivity contribution in [3.63, 3.8) is 0 Å². The summed E-state index contributed by atoms with van der Waals surface area (Å²) in [5, 5.41) is 2.49. The second kappa shape index (κ2) is 5.09. The molecule has 0 bridgehead atoms. The first kappa shape index (κ1) is 13.1. The minimum Gasteiger partial charge on any atom is -0.399 e. The van der Waals surface area contributed by atoms with Gasteiger partial charge in [0.05, 0.1) is 17.7 Å². The second-order valence-electron chi connectivity index (χ2n) is 4.33. The van der Waals surface area contributed by atoms with E-state index in [1.807, 2.05) is 13.8 Å². The molecule has 6 heteroatoms. The number of nitrogen functional groups attached to an aromatic ring is 1. The Morgan fingerprint density at radius 1 is 1.47 bits per heavy atom. The lowest BCUT2D eigenvalue weighted by atomic mass is 10.2.